The van der Waals surface area contributed by atoms with Crippen molar-refractivity contribution in [2.75, 3.05) is 11.5 Å². The summed E-state index contributed by atoms with van der Waals surface area (Å²) < 4.78 is 38.5. The highest BCUT2D eigenvalue weighted by Gasteiger charge is 2.15. The molecule has 0 N–H and O–H groups in total. The Kier molecular flexibility index (Phi) is 4.34. The van der Waals surface area contributed by atoms with E-state index in [1.807, 2.05) is 0 Å². The maximum absolute atomic E-state index is 13.5. The van der Waals surface area contributed by atoms with Gasteiger partial charge in [0.25, 0.3) is 0 Å². The fraction of sp³-hybridized carbons (Fsp3) is 0.462. The molecule has 0 saturated carbocycles. The lowest BCUT2D eigenvalue weighted by atomic mass is 10.2. The van der Waals surface area contributed by atoms with Crippen LogP contribution in [0.1, 0.15) is 18.3 Å². The highest BCUT2D eigenvalue weighted by molar-refractivity contribution is 7.91. The van der Waals surface area contributed by atoms with Gasteiger partial charge in [-0.15, -0.1) is 11.6 Å². The van der Waals surface area contributed by atoms with Crippen LogP contribution in [0, 0.1) is 12.7 Å². The van der Waals surface area contributed by atoms with E-state index < -0.39 is 9.84 Å². The molecule has 0 saturated heterocycles. The molecule has 1 aromatic heterocycles. The van der Waals surface area contributed by atoms with E-state index in [-0.39, 0.29) is 29.7 Å². The molecule has 1 aromatic carbocycles. The number of hydrogen-bond donors (Lipinski definition) is 0. The summed E-state index contributed by atoms with van der Waals surface area (Å²) in [4.78, 5) is 4.26. The predicted octanol–water partition coefficient (Wildman–Crippen LogP) is 2.66. The first-order valence-corrected chi connectivity index (χ1v) is 8.65. The highest BCUT2D eigenvalue weighted by atomic mass is 35.5. The van der Waals surface area contributed by atoms with E-state index in [4.69, 9.17) is 11.6 Å². The van der Waals surface area contributed by atoms with Crippen molar-refractivity contribution in [2.24, 2.45) is 0 Å². The van der Waals surface area contributed by atoms with E-state index in [0.29, 0.717) is 22.4 Å². The number of fused-ring (bicyclic) bond motifs is 1. The SMILES string of the molecule is CCS(=O)(=O)CCn1c(CCl)nc2cc(F)c(C)cc21. The van der Waals surface area contributed by atoms with Crippen molar-refractivity contribution in [3.05, 3.63) is 29.3 Å². The smallest absolute Gasteiger partial charge is 0.151 e. The van der Waals surface area contributed by atoms with Crippen molar-refractivity contribution in [3.8, 4) is 0 Å². The van der Waals surface area contributed by atoms with E-state index in [1.165, 1.54) is 6.07 Å². The average Bonchev–Trinajstić information content (AvgIpc) is 2.74. The zero-order valence-corrected chi connectivity index (χ0v) is 12.9. The third-order valence-electron chi connectivity index (χ3n) is 3.29. The Balaban J connectivity index is 2.48. The molecule has 7 heteroatoms. The summed E-state index contributed by atoms with van der Waals surface area (Å²) in [6.07, 6.45) is 0. The van der Waals surface area contributed by atoms with Crippen LogP contribution in [-0.4, -0.2) is 29.5 Å². The number of aryl methyl sites for hydroxylation is 2. The molecular formula is C13H16ClFN2O2S. The lowest BCUT2D eigenvalue weighted by Crippen LogP contribution is -2.15. The average molecular weight is 319 g/mol. The van der Waals surface area contributed by atoms with Gasteiger partial charge in [0.15, 0.2) is 9.84 Å². The molecule has 0 aliphatic rings. The maximum Gasteiger partial charge on any atom is 0.151 e. The van der Waals surface area contributed by atoms with Crippen LogP contribution in [0.25, 0.3) is 11.0 Å². The Morgan fingerprint density at radius 1 is 1.40 bits per heavy atom. The minimum absolute atomic E-state index is 0.0231. The van der Waals surface area contributed by atoms with E-state index in [0.717, 1.165) is 0 Å². The van der Waals surface area contributed by atoms with Gasteiger partial charge in [-0.1, -0.05) is 6.92 Å². The third-order valence-corrected chi connectivity index (χ3v) is 5.22. The molecule has 2 aromatic rings. The summed E-state index contributed by atoms with van der Waals surface area (Å²) in [6.45, 7) is 3.55. The first-order valence-electron chi connectivity index (χ1n) is 6.29. The minimum atomic E-state index is -3.07. The molecule has 0 aliphatic heterocycles. The summed E-state index contributed by atoms with van der Waals surface area (Å²) >= 11 is 5.84. The molecule has 0 unspecified atom stereocenters. The molecule has 20 heavy (non-hydrogen) atoms. The zero-order chi connectivity index (χ0) is 14.9. The number of nitrogens with zero attached hydrogens (tertiary/aromatic N) is 2. The van der Waals surface area contributed by atoms with Gasteiger partial charge in [-0.25, -0.2) is 17.8 Å². The van der Waals surface area contributed by atoms with Gasteiger partial charge in [0, 0.05) is 18.4 Å². The number of hydrogen-bond acceptors (Lipinski definition) is 3. The number of aromatic nitrogens is 2. The van der Waals surface area contributed by atoms with Gasteiger partial charge in [0.1, 0.15) is 11.6 Å². The molecule has 110 valence electrons. The largest absolute Gasteiger partial charge is 0.326 e. The summed E-state index contributed by atoms with van der Waals surface area (Å²) in [5.41, 5.74) is 1.71. The molecule has 4 nitrogen and oxygen atoms in total. The van der Waals surface area contributed by atoms with Crippen molar-refractivity contribution >= 4 is 32.5 Å². The lowest BCUT2D eigenvalue weighted by Gasteiger charge is -2.08. The van der Waals surface area contributed by atoms with Crippen molar-refractivity contribution in [1.82, 2.24) is 9.55 Å². The van der Waals surface area contributed by atoms with E-state index in [2.05, 4.69) is 4.98 Å². The number of halogens is 2. The predicted molar refractivity (Wildman–Crippen MR) is 78.3 cm³/mol. The fourth-order valence-electron chi connectivity index (χ4n) is 2.03. The molecule has 0 spiro atoms. The van der Waals surface area contributed by atoms with Crippen LogP contribution < -0.4 is 0 Å². The third kappa shape index (κ3) is 2.96. The van der Waals surface area contributed by atoms with Crippen LogP contribution in [0.5, 0.6) is 0 Å². The van der Waals surface area contributed by atoms with Crippen molar-refractivity contribution in [1.29, 1.82) is 0 Å². The Bertz CT molecular complexity index is 740. The Morgan fingerprint density at radius 2 is 2.10 bits per heavy atom. The quantitative estimate of drug-likeness (QED) is 0.796. The second-order valence-corrected chi connectivity index (χ2v) is 7.38. The zero-order valence-electron chi connectivity index (χ0n) is 11.4. The first kappa shape index (κ1) is 15.3. The van der Waals surface area contributed by atoms with E-state index in [9.17, 15) is 12.8 Å². The normalized spacial score (nSPS) is 12.2. The Hall–Kier alpha value is -1.14. The van der Waals surface area contributed by atoms with Gasteiger partial charge in [-0.05, 0) is 18.6 Å². The van der Waals surface area contributed by atoms with E-state index in [1.54, 1.807) is 24.5 Å². The molecule has 1 heterocycles. The Labute approximate surface area is 122 Å². The van der Waals surface area contributed by atoms with Gasteiger partial charge >= 0.3 is 0 Å². The summed E-state index contributed by atoms with van der Waals surface area (Å²) in [7, 11) is -3.07. The highest BCUT2D eigenvalue weighted by Crippen LogP contribution is 2.21. The second kappa shape index (κ2) is 5.69. The van der Waals surface area contributed by atoms with Crippen molar-refractivity contribution in [3.63, 3.8) is 0 Å². The van der Waals surface area contributed by atoms with E-state index >= 15 is 0 Å². The molecule has 0 atom stereocenters. The number of benzene rings is 1. The topological polar surface area (TPSA) is 52.0 Å². The first-order chi connectivity index (χ1) is 9.38. The number of alkyl halides is 1. The lowest BCUT2D eigenvalue weighted by molar-refractivity contribution is 0.589. The van der Waals surface area contributed by atoms with Gasteiger partial charge in [-0.3, -0.25) is 0 Å². The van der Waals surface area contributed by atoms with Crippen LogP contribution in [0.2, 0.25) is 0 Å². The van der Waals surface area contributed by atoms with Gasteiger partial charge in [0.2, 0.25) is 0 Å². The number of sulfone groups is 1. The molecule has 0 aliphatic carbocycles. The number of rotatable bonds is 5. The monoisotopic (exact) mass is 318 g/mol. The summed E-state index contributed by atoms with van der Waals surface area (Å²) in [5, 5.41) is 0. The molecular weight excluding hydrogens is 303 g/mol. The van der Waals surface area contributed by atoms with Crippen LogP contribution in [-0.2, 0) is 22.3 Å². The molecule has 2 rings (SSSR count). The van der Waals surface area contributed by atoms with Gasteiger partial charge < -0.3 is 4.57 Å². The van der Waals surface area contributed by atoms with Crippen molar-refractivity contribution in [2.45, 2.75) is 26.3 Å². The molecule has 0 radical (unpaired) electrons. The molecule has 0 bridgehead atoms. The minimum Gasteiger partial charge on any atom is -0.326 e. The van der Waals surface area contributed by atoms with Crippen LogP contribution >= 0.6 is 11.6 Å². The fourth-order valence-corrected chi connectivity index (χ4v) is 2.98. The van der Waals surface area contributed by atoms with Crippen LogP contribution in [0.15, 0.2) is 12.1 Å². The summed E-state index contributed by atoms with van der Waals surface area (Å²) in [6, 6.07) is 3.03. The second-order valence-electron chi connectivity index (χ2n) is 4.64. The van der Waals surface area contributed by atoms with Crippen molar-refractivity contribution < 1.29 is 12.8 Å². The molecule has 0 fully saturated rings. The molecule has 0 amide bonds. The summed E-state index contributed by atoms with van der Waals surface area (Å²) in [5.74, 6) is 0.503. The maximum atomic E-state index is 13.5. The number of imidazole rings is 1. The van der Waals surface area contributed by atoms with Crippen LogP contribution in [0.3, 0.4) is 0 Å². The standard InChI is InChI=1S/C13H16ClFN2O2S/c1-3-20(18,19)5-4-17-12-6-9(2)10(15)7-11(12)16-13(17)8-14/h6-7H,3-5,8H2,1-2H3. The van der Waals surface area contributed by atoms with Crippen LogP contribution in [0.4, 0.5) is 4.39 Å². The van der Waals surface area contributed by atoms with Gasteiger partial charge in [0.05, 0.1) is 22.7 Å². The van der Waals surface area contributed by atoms with Gasteiger partial charge in [-0.2, -0.15) is 0 Å². The Morgan fingerprint density at radius 3 is 2.70 bits per heavy atom.